The van der Waals surface area contributed by atoms with E-state index in [1.807, 2.05) is 32.0 Å². The molecule has 3 aromatic rings. The molecule has 0 radical (unpaired) electrons. The molecule has 0 amide bonds. The standard InChI is InChI=1S/C24H27O2P/c1-16-10-18(3)23(25)20(12-16)14-27(22-8-6-5-7-9-22)15-21-13-17(2)11-19(4)24(21)26/h5-13,25-26H,14-15H2,1-4H3. The third kappa shape index (κ3) is 4.51. The summed E-state index contributed by atoms with van der Waals surface area (Å²) in [4.78, 5) is 0. The Hall–Kier alpha value is -2.31. The first-order chi connectivity index (χ1) is 12.8. The highest BCUT2D eigenvalue weighted by Gasteiger charge is 2.18. The second-order valence-electron chi connectivity index (χ2n) is 7.37. The smallest absolute Gasteiger partial charge is 0.122 e. The lowest BCUT2D eigenvalue weighted by molar-refractivity contribution is 0.466. The van der Waals surface area contributed by atoms with E-state index in [-0.39, 0.29) is 0 Å². The zero-order valence-electron chi connectivity index (χ0n) is 16.5. The molecule has 0 fully saturated rings. The number of benzene rings is 3. The second-order valence-corrected chi connectivity index (χ2v) is 9.60. The van der Waals surface area contributed by atoms with Crippen LogP contribution in [0.2, 0.25) is 0 Å². The van der Waals surface area contributed by atoms with Crippen molar-refractivity contribution >= 4 is 13.2 Å². The zero-order chi connectivity index (χ0) is 19.6. The van der Waals surface area contributed by atoms with E-state index in [4.69, 9.17) is 0 Å². The van der Waals surface area contributed by atoms with E-state index < -0.39 is 7.92 Å². The molecular formula is C24H27O2P. The van der Waals surface area contributed by atoms with E-state index in [9.17, 15) is 10.2 Å². The quantitative estimate of drug-likeness (QED) is 0.548. The van der Waals surface area contributed by atoms with Crippen LogP contribution in [0.15, 0.2) is 54.6 Å². The van der Waals surface area contributed by atoms with Gasteiger partial charge in [0.25, 0.3) is 0 Å². The van der Waals surface area contributed by atoms with Crippen LogP contribution in [0.4, 0.5) is 0 Å². The van der Waals surface area contributed by atoms with Crippen molar-refractivity contribution in [2.45, 2.75) is 40.0 Å². The Morgan fingerprint density at radius 2 is 1.11 bits per heavy atom. The predicted molar refractivity (Wildman–Crippen MR) is 116 cm³/mol. The Labute approximate surface area is 163 Å². The van der Waals surface area contributed by atoms with Crippen LogP contribution < -0.4 is 5.30 Å². The summed E-state index contributed by atoms with van der Waals surface area (Å²) in [5.74, 6) is 0.794. The maximum atomic E-state index is 10.6. The lowest BCUT2D eigenvalue weighted by Crippen LogP contribution is -2.05. The summed E-state index contributed by atoms with van der Waals surface area (Å²) in [6.45, 7) is 8.03. The summed E-state index contributed by atoms with van der Waals surface area (Å²) in [5, 5.41) is 22.5. The van der Waals surface area contributed by atoms with Crippen LogP contribution in [0.1, 0.15) is 33.4 Å². The lowest BCUT2D eigenvalue weighted by Gasteiger charge is -2.21. The Morgan fingerprint density at radius 3 is 1.56 bits per heavy atom. The Morgan fingerprint density at radius 1 is 0.667 bits per heavy atom. The highest BCUT2D eigenvalue weighted by atomic mass is 31.1. The number of aryl methyl sites for hydroxylation is 4. The molecule has 0 aromatic heterocycles. The van der Waals surface area contributed by atoms with Crippen LogP contribution in [0, 0.1) is 27.7 Å². The number of hydrogen-bond acceptors (Lipinski definition) is 2. The molecular weight excluding hydrogens is 351 g/mol. The second kappa shape index (κ2) is 8.15. The summed E-state index contributed by atoms with van der Waals surface area (Å²) in [6.07, 6.45) is 1.58. The fourth-order valence-corrected chi connectivity index (χ4v) is 6.00. The number of hydrogen-bond donors (Lipinski definition) is 2. The van der Waals surface area contributed by atoms with E-state index in [1.54, 1.807) is 0 Å². The van der Waals surface area contributed by atoms with Crippen molar-refractivity contribution in [2.24, 2.45) is 0 Å². The molecule has 0 saturated heterocycles. The van der Waals surface area contributed by atoms with E-state index in [2.05, 4.69) is 50.2 Å². The van der Waals surface area contributed by atoms with Crippen molar-refractivity contribution in [3.05, 3.63) is 88.0 Å². The summed E-state index contributed by atoms with van der Waals surface area (Å²) in [6, 6.07) is 18.7. The molecule has 2 N–H and O–H groups in total. The lowest BCUT2D eigenvalue weighted by atomic mass is 10.1. The van der Waals surface area contributed by atoms with Gasteiger partial charge in [0.2, 0.25) is 0 Å². The van der Waals surface area contributed by atoms with E-state index in [1.165, 1.54) is 5.30 Å². The molecule has 0 unspecified atom stereocenters. The topological polar surface area (TPSA) is 40.5 Å². The van der Waals surface area contributed by atoms with Crippen molar-refractivity contribution in [3.8, 4) is 11.5 Å². The van der Waals surface area contributed by atoms with Gasteiger partial charge in [0.15, 0.2) is 0 Å². The van der Waals surface area contributed by atoms with Crippen molar-refractivity contribution in [1.29, 1.82) is 0 Å². The van der Waals surface area contributed by atoms with Gasteiger partial charge in [-0.05, 0) is 55.3 Å². The molecule has 2 nitrogen and oxygen atoms in total. The predicted octanol–water partition coefficient (Wildman–Crippen LogP) is 5.84. The fourth-order valence-electron chi connectivity index (χ4n) is 3.63. The van der Waals surface area contributed by atoms with Gasteiger partial charge in [-0.25, -0.2) is 0 Å². The first kappa shape index (κ1) is 19.5. The molecule has 0 aliphatic heterocycles. The molecule has 0 bridgehead atoms. The minimum Gasteiger partial charge on any atom is -0.507 e. The fraction of sp³-hybridized carbons (Fsp3) is 0.250. The molecule has 0 spiro atoms. The monoisotopic (exact) mass is 378 g/mol. The molecule has 0 saturated carbocycles. The molecule has 3 rings (SSSR count). The largest absolute Gasteiger partial charge is 0.507 e. The van der Waals surface area contributed by atoms with E-state index >= 15 is 0 Å². The van der Waals surface area contributed by atoms with Gasteiger partial charge in [-0.15, -0.1) is 0 Å². The Bertz CT molecular complexity index is 889. The molecule has 140 valence electrons. The molecule has 27 heavy (non-hydrogen) atoms. The third-order valence-corrected chi connectivity index (χ3v) is 7.36. The number of phenolic OH excluding ortho intramolecular Hbond substituents is 2. The summed E-state index contributed by atoms with van der Waals surface area (Å²) < 4.78 is 0. The number of aromatic hydroxyl groups is 2. The zero-order valence-corrected chi connectivity index (χ0v) is 17.3. The van der Waals surface area contributed by atoms with Gasteiger partial charge < -0.3 is 10.2 Å². The van der Waals surface area contributed by atoms with Crippen LogP contribution in [-0.4, -0.2) is 10.2 Å². The molecule has 0 heterocycles. The normalized spacial score (nSPS) is 11.1. The third-order valence-electron chi connectivity index (χ3n) is 4.89. The first-order valence-corrected chi connectivity index (χ1v) is 10.9. The van der Waals surface area contributed by atoms with Crippen LogP contribution in [0.5, 0.6) is 11.5 Å². The van der Waals surface area contributed by atoms with Crippen molar-refractivity contribution in [1.82, 2.24) is 0 Å². The van der Waals surface area contributed by atoms with Crippen LogP contribution in [0.3, 0.4) is 0 Å². The van der Waals surface area contributed by atoms with Crippen molar-refractivity contribution in [2.75, 3.05) is 0 Å². The summed E-state index contributed by atoms with van der Waals surface area (Å²) in [5.41, 5.74) is 6.15. The minimum absolute atomic E-state index is 0.397. The molecule has 0 aliphatic carbocycles. The SMILES string of the molecule is Cc1cc(C)c(O)c(CP(Cc2cc(C)cc(C)c2O)c2ccccc2)c1. The molecule has 0 aliphatic rings. The van der Waals surface area contributed by atoms with Crippen LogP contribution in [-0.2, 0) is 12.3 Å². The highest BCUT2D eigenvalue weighted by Crippen LogP contribution is 2.46. The first-order valence-electron chi connectivity index (χ1n) is 9.23. The van der Waals surface area contributed by atoms with Crippen LogP contribution in [0.25, 0.3) is 0 Å². The Kier molecular flexibility index (Phi) is 5.87. The number of phenols is 2. The number of rotatable bonds is 5. The van der Waals surface area contributed by atoms with Crippen molar-refractivity contribution < 1.29 is 10.2 Å². The summed E-state index contributed by atoms with van der Waals surface area (Å²) in [7, 11) is -0.610. The molecule has 3 aromatic carbocycles. The van der Waals surface area contributed by atoms with E-state index in [0.717, 1.165) is 45.7 Å². The van der Waals surface area contributed by atoms with Gasteiger partial charge in [-0.1, -0.05) is 73.6 Å². The van der Waals surface area contributed by atoms with Crippen molar-refractivity contribution in [3.63, 3.8) is 0 Å². The van der Waals surface area contributed by atoms with Gasteiger partial charge in [-0.3, -0.25) is 0 Å². The van der Waals surface area contributed by atoms with Gasteiger partial charge in [0, 0.05) is 12.3 Å². The van der Waals surface area contributed by atoms with Gasteiger partial charge >= 0.3 is 0 Å². The Balaban J connectivity index is 2.01. The van der Waals surface area contributed by atoms with Gasteiger partial charge in [0.05, 0.1) is 0 Å². The maximum Gasteiger partial charge on any atom is 0.122 e. The van der Waals surface area contributed by atoms with E-state index in [0.29, 0.717) is 11.5 Å². The highest BCUT2D eigenvalue weighted by molar-refractivity contribution is 7.64. The maximum absolute atomic E-state index is 10.6. The minimum atomic E-state index is -0.610. The van der Waals surface area contributed by atoms with Gasteiger partial charge in [-0.2, -0.15) is 0 Å². The molecule has 3 heteroatoms. The summed E-state index contributed by atoms with van der Waals surface area (Å²) >= 11 is 0. The van der Waals surface area contributed by atoms with Gasteiger partial charge in [0.1, 0.15) is 11.5 Å². The molecule has 0 atom stereocenters. The average Bonchev–Trinajstić information content (AvgIpc) is 2.63. The average molecular weight is 378 g/mol. The van der Waals surface area contributed by atoms with Crippen LogP contribution >= 0.6 is 7.92 Å².